The second-order valence-corrected chi connectivity index (χ2v) is 6.73. The number of para-hydroxylation sites is 2. The molecule has 3 aromatic rings. The lowest BCUT2D eigenvalue weighted by atomic mass is 10.3. The zero-order valence-electron chi connectivity index (χ0n) is 14.8. The number of hydrogen-bond donors (Lipinski definition) is 1. The van der Waals surface area contributed by atoms with E-state index < -0.39 is 5.82 Å². The summed E-state index contributed by atoms with van der Waals surface area (Å²) in [6.45, 7) is 0.532. The van der Waals surface area contributed by atoms with Gasteiger partial charge in [-0.2, -0.15) is 0 Å². The number of benzene rings is 2. The lowest BCUT2D eigenvalue weighted by Gasteiger charge is -2.07. The smallest absolute Gasteiger partial charge is 0.232 e. The Balaban J connectivity index is 1.49. The third kappa shape index (κ3) is 5.30. The molecule has 0 bridgehead atoms. The molecule has 6 nitrogen and oxygen atoms in total. The van der Waals surface area contributed by atoms with E-state index in [1.165, 1.54) is 23.9 Å². The molecule has 0 aliphatic carbocycles. The van der Waals surface area contributed by atoms with Crippen LogP contribution in [0.25, 0.3) is 0 Å². The summed E-state index contributed by atoms with van der Waals surface area (Å²) < 4.78 is 21.0. The van der Waals surface area contributed by atoms with Crippen LogP contribution in [0.5, 0.6) is 5.75 Å². The molecule has 1 N–H and O–H groups in total. The molecule has 8 heteroatoms. The Morgan fingerprint density at radius 2 is 1.89 bits per heavy atom. The van der Waals surface area contributed by atoms with Crippen molar-refractivity contribution in [2.45, 2.75) is 11.6 Å². The van der Waals surface area contributed by atoms with Gasteiger partial charge in [0.15, 0.2) is 5.16 Å². The maximum atomic E-state index is 13.6. The Bertz CT molecular complexity index is 902. The van der Waals surface area contributed by atoms with Crippen LogP contribution < -0.4 is 10.1 Å². The standard InChI is InChI=1S/C19H19FN4O2S/c1-24-17(13-18(25)21-16-10-6-5-9-15(16)20)22-23-19(24)27-12-11-26-14-7-3-2-4-8-14/h2-10H,11-13H2,1H3,(H,21,25). The SMILES string of the molecule is Cn1c(CC(=O)Nc2ccccc2F)nnc1SCCOc1ccccc1. The van der Waals surface area contributed by atoms with E-state index in [0.29, 0.717) is 23.3 Å². The van der Waals surface area contributed by atoms with Crippen molar-refractivity contribution >= 4 is 23.4 Å². The van der Waals surface area contributed by atoms with Crippen molar-refractivity contribution in [2.75, 3.05) is 17.7 Å². The molecule has 0 saturated carbocycles. The van der Waals surface area contributed by atoms with Gasteiger partial charge in [-0.05, 0) is 24.3 Å². The van der Waals surface area contributed by atoms with Crippen LogP contribution in [0, 0.1) is 5.82 Å². The molecule has 1 amide bonds. The van der Waals surface area contributed by atoms with Crippen LogP contribution in [0.15, 0.2) is 59.8 Å². The lowest BCUT2D eigenvalue weighted by molar-refractivity contribution is -0.115. The molecule has 3 rings (SSSR count). The third-order valence-corrected chi connectivity index (χ3v) is 4.70. The number of carbonyl (C=O) groups is 1. The fourth-order valence-electron chi connectivity index (χ4n) is 2.33. The van der Waals surface area contributed by atoms with E-state index in [0.717, 1.165) is 5.75 Å². The molecular formula is C19H19FN4O2S. The molecule has 0 fully saturated rings. The Morgan fingerprint density at radius 3 is 2.67 bits per heavy atom. The molecular weight excluding hydrogens is 367 g/mol. The van der Waals surface area contributed by atoms with Gasteiger partial charge in [0.25, 0.3) is 0 Å². The first kappa shape index (κ1) is 18.9. The van der Waals surface area contributed by atoms with E-state index in [1.807, 2.05) is 30.3 Å². The normalized spacial score (nSPS) is 10.6. The minimum absolute atomic E-state index is 0.0128. The van der Waals surface area contributed by atoms with Crippen LogP contribution in [0.2, 0.25) is 0 Å². The van der Waals surface area contributed by atoms with Crippen LogP contribution in [-0.4, -0.2) is 33.0 Å². The number of rotatable bonds is 8. The molecule has 1 heterocycles. The van der Waals surface area contributed by atoms with Crippen LogP contribution in [-0.2, 0) is 18.3 Å². The second-order valence-electron chi connectivity index (χ2n) is 5.67. The number of halogens is 1. The highest BCUT2D eigenvalue weighted by atomic mass is 32.2. The largest absolute Gasteiger partial charge is 0.493 e. The Labute approximate surface area is 160 Å². The Kier molecular flexibility index (Phi) is 6.43. The number of nitrogens with zero attached hydrogens (tertiary/aromatic N) is 3. The average molecular weight is 386 g/mol. The number of carbonyl (C=O) groups excluding carboxylic acids is 1. The van der Waals surface area contributed by atoms with E-state index in [4.69, 9.17) is 4.74 Å². The number of aromatic nitrogens is 3. The summed E-state index contributed by atoms with van der Waals surface area (Å²) in [6, 6.07) is 15.6. The van der Waals surface area contributed by atoms with Gasteiger partial charge in [0.2, 0.25) is 5.91 Å². The highest BCUT2D eigenvalue weighted by Gasteiger charge is 2.14. The third-order valence-electron chi connectivity index (χ3n) is 3.72. The molecule has 0 atom stereocenters. The van der Waals surface area contributed by atoms with Crippen molar-refractivity contribution in [3.8, 4) is 5.75 Å². The molecule has 0 spiro atoms. The summed E-state index contributed by atoms with van der Waals surface area (Å²) in [5.41, 5.74) is 0.150. The van der Waals surface area contributed by atoms with E-state index in [1.54, 1.807) is 23.7 Å². The highest BCUT2D eigenvalue weighted by Crippen LogP contribution is 2.17. The Morgan fingerprint density at radius 1 is 1.15 bits per heavy atom. The Hall–Kier alpha value is -2.87. The quantitative estimate of drug-likeness (QED) is 0.475. The first-order chi connectivity index (χ1) is 13.1. The first-order valence-electron chi connectivity index (χ1n) is 8.37. The van der Waals surface area contributed by atoms with Crippen molar-refractivity contribution < 1.29 is 13.9 Å². The number of amides is 1. The minimum atomic E-state index is -0.474. The van der Waals surface area contributed by atoms with Crippen LogP contribution in [0.3, 0.4) is 0 Å². The molecule has 0 aliphatic rings. The minimum Gasteiger partial charge on any atom is -0.493 e. The molecule has 140 valence electrons. The van der Waals surface area contributed by atoms with Gasteiger partial charge in [0.1, 0.15) is 17.4 Å². The fraction of sp³-hybridized carbons (Fsp3) is 0.211. The van der Waals surface area contributed by atoms with Gasteiger partial charge in [-0.25, -0.2) is 4.39 Å². The lowest BCUT2D eigenvalue weighted by Crippen LogP contribution is -2.17. The van der Waals surface area contributed by atoms with Crippen molar-refractivity contribution in [2.24, 2.45) is 7.05 Å². The summed E-state index contributed by atoms with van der Waals surface area (Å²) in [5, 5.41) is 11.4. The molecule has 2 aromatic carbocycles. The number of hydrogen-bond acceptors (Lipinski definition) is 5. The summed E-state index contributed by atoms with van der Waals surface area (Å²) in [7, 11) is 1.80. The van der Waals surface area contributed by atoms with Gasteiger partial charge < -0.3 is 14.6 Å². The molecule has 0 saturated heterocycles. The summed E-state index contributed by atoms with van der Waals surface area (Å²) in [6.07, 6.45) is 0.0128. The van der Waals surface area contributed by atoms with E-state index in [9.17, 15) is 9.18 Å². The van der Waals surface area contributed by atoms with Gasteiger partial charge in [-0.15, -0.1) is 10.2 Å². The van der Waals surface area contributed by atoms with E-state index in [2.05, 4.69) is 15.5 Å². The zero-order chi connectivity index (χ0) is 19.1. The van der Waals surface area contributed by atoms with Gasteiger partial charge in [-0.3, -0.25) is 4.79 Å². The number of ether oxygens (including phenoxy) is 1. The molecule has 0 radical (unpaired) electrons. The van der Waals surface area contributed by atoms with Crippen LogP contribution in [0.1, 0.15) is 5.82 Å². The van der Waals surface area contributed by atoms with Crippen LogP contribution in [0.4, 0.5) is 10.1 Å². The maximum Gasteiger partial charge on any atom is 0.232 e. The summed E-state index contributed by atoms with van der Waals surface area (Å²) in [5.74, 6) is 1.21. The number of nitrogens with one attached hydrogen (secondary N) is 1. The molecule has 0 aliphatic heterocycles. The summed E-state index contributed by atoms with van der Waals surface area (Å²) in [4.78, 5) is 12.1. The topological polar surface area (TPSA) is 69.0 Å². The predicted octanol–water partition coefficient (Wildman–Crippen LogP) is 3.31. The predicted molar refractivity (Wildman–Crippen MR) is 102 cm³/mol. The van der Waals surface area contributed by atoms with E-state index in [-0.39, 0.29) is 18.0 Å². The average Bonchev–Trinajstić information content (AvgIpc) is 3.01. The van der Waals surface area contributed by atoms with Crippen molar-refractivity contribution in [1.82, 2.24) is 14.8 Å². The highest BCUT2D eigenvalue weighted by molar-refractivity contribution is 7.99. The van der Waals surface area contributed by atoms with Crippen molar-refractivity contribution in [3.05, 3.63) is 66.2 Å². The second kappa shape index (κ2) is 9.18. The van der Waals surface area contributed by atoms with Crippen molar-refractivity contribution in [3.63, 3.8) is 0 Å². The van der Waals surface area contributed by atoms with Crippen molar-refractivity contribution in [1.29, 1.82) is 0 Å². The maximum absolute atomic E-state index is 13.6. The van der Waals surface area contributed by atoms with Gasteiger partial charge >= 0.3 is 0 Å². The zero-order valence-corrected chi connectivity index (χ0v) is 15.6. The number of anilines is 1. The van der Waals surface area contributed by atoms with Gasteiger partial charge in [0.05, 0.1) is 18.7 Å². The molecule has 0 unspecified atom stereocenters. The van der Waals surface area contributed by atoms with Gasteiger partial charge in [-0.1, -0.05) is 42.1 Å². The first-order valence-corrected chi connectivity index (χ1v) is 9.35. The van der Waals surface area contributed by atoms with Crippen LogP contribution >= 0.6 is 11.8 Å². The summed E-state index contributed by atoms with van der Waals surface area (Å²) >= 11 is 1.49. The molecule has 1 aromatic heterocycles. The molecule has 27 heavy (non-hydrogen) atoms. The monoisotopic (exact) mass is 386 g/mol. The fourth-order valence-corrected chi connectivity index (χ4v) is 3.08. The van der Waals surface area contributed by atoms with E-state index >= 15 is 0 Å². The number of thioether (sulfide) groups is 1. The van der Waals surface area contributed by atoms with Gasteiger partial charge in [0, 0.05) is 12.8 Å².